The first-order valence-electron chi connectivity index (χ1n) is 5.50. The van der Waals surface area contributed by atoms with Gasteiger partial charge in [0.2, 0.25) is 5.91 Å². The number of amides is 1. The van der Waals surface area contributed by atoms with E-state index in [9.17, 15) is 9.59 Å². The van der Waals surface area contributed by atoms with Gasteiger partial charge in [-0.3, -0.25) is 9.59 Å². The molecule has 4 heteroatoms. The Morgan fingerprint density at radius 2 is 1.94 bits per heavy atom. The van der Waals surface area contributed by atoms with Crippen LogP contribution in [-0.2, 0) is 9.59 Å². The molecular formula is C13H17NO3. The number of aliphatic carboxylic acids is 1. The molecule has 92 valence electrons. The van der Waals surface area contributed by atoms with Gasteiger partial charge in [-0.25, -0.2) is 0 Å². The van der Waals surface area contributed by atoms with Crippen molar-refractivity contribution < 1.29 is 14.7 Å². The number of rotatable bonds is 4. The molecule has 17 heavy (non-hydrogen) atoms. The quantitative estimate of drug-likeness (QED) is 0.841. The van der Waals surface area contributed by atoms with Gasteiger partial charge in [0.05, 0.1) is 5.92 Å². The lowest BCUT2D eigenvalue weighted by atomic mass is 10.1. The van der Waals surface area contributed by atoms with Crippen LogP contribution in [0.25, 0.3) is 0 Å². The Kier molecular flexibility index (Phi) is 4.26. The molecule has 1 aromatic carbocycles. The number of hydrogen-bond acceptors (Lipinski definition) is 2. The highest BCUT2D eigenvalue weighted by Crippen LogP contribution is 2.15. The number of carboxylic acid groups (broad SMARTS) is 1. The molecule has 0 heterocycles. The Balaban J connectivity index is 2.62. The lowest BCUT2D eigenvalue weighted by Crippen LogP contribution is -2.20. The number of carbonyl (C=O) groups is 2. The molecule has 0 aromatic heterocycles. The van der Waals surface area contributed by atoms with Crippen LogP contribution in [0.4, 0.5) is 5.69 Å². The highest BCUT2D eigenvalue weighted by molar-refractivity contribution is 5.93. The fraction of sp³-hybridized carbons (Fsp3) is 0.385. The van der Waals surface area contributed by atoms with Crippen molar-refractivity contribution in [2.45, 2.75) is 27.2 Å². The largest absolute Gasteiger partial charge is 0.481 e. The number of aryl methyl sites for hydroxylation is 2. The first-order chi connectivity index (χ1) is 7.90. The molecule has 1 unspecified atom stereocenters. The summed E-state index contributed by atoms with van der Waals surface area (Å²) in [5.74, 6) is -1.90. The molecule has 0 aliphatic heterocycles. The average Bonchev–Trinajstić information content (AvgIpc) is 2.23. The van der Waals surface area contributed by atoms with Gasteiger partial charge < -0.3 is 10.4 Å². The van der Waals surface area contributed by atoms with Crippen LogP contribution < -0.4 is 5.32 Å². The summed E-state index contributed by atoms with van der Waals surface area (Å²) in [4.78, 5) is 22.2. The van der Waals surface area contributed by atoms with Crippen molar-refractivity contribution >= 4 is 17.6 Å². The Hall–Kier alpha value is -1.84. The standard InChI is InChI=1S/C13H17NO3/c1-8-4-5-11(6-9(8)2)14-12(15)7-10(3)13(16)17/h4-6,10H,7H2,1-3H3,(H,14,15)(H,16,17). The fourth-order valence-electron chi connectivity index (χ4n) is 1.40. The minimum Gasteiger partial charge on any atom is -0.481 e. The highest BCUT2D eigenvalue weighted by atomic mass is 16.4. The van der Waals surface area contributed by atoms with Crippen LogP contribution in [0.2, 0.25) is 0 Å². The van der Waals surface area contributed by atoms with Gasteiger partial charge in [0, 0.05) is 12.1 Å². The molecule has 1 rings (SSSR count). The summed E-state index contributed by atoms with van der Waals surface area (Å²) in [6.07, 6.45) is -0.0116. The Bertz CT molecular complexity index is 440. The van der Waals surface area contributed by atoms with Gasteiger partial charge in [-0.2, -0.15) is 0 Å². The van der Waals surface area contributed by atoms with Gasteiger partial charge in [0.25, 0.3) is 0 Å². The molecule has 0 fully saturated rings. The number of carbonyl (C=O) groups excluding carboxylic acids is 1. The van der Waals surface area contributed by atoms with Gasteiger partial charge in [-0.1, -0.05) is 13.0 Å². The van der Waals surface area contributed by atoms with Gasteiger partial charge >= 0.3 is 5.97 Å². The van der Waals surface area contributed by atoms with Crippen molar-refractivity contribution in [3.05, 3.63) is 29.3 Å². The van der Waals surface area contributed by atoms with E-state index in [-0.39, 0.29) is 12.3 Å². The molecule has 0 bridgehead atoms. The molecule has 1 aromatic rings. The zero-order valence-electron chi connectivity index (χ0n) is 10.3. The van der Waals surface area contributed by atoms with Gasteiger partial charge in [-0.05, 0) is 37.1 Å². The molecule has 4 nitrogen and oxygen atoms in total. The molecule has 1 amide bonds. The van der Waals surface area contributed by atoms with Crippen LogP contribution in [0.5, 0.6) is 0 Å². The Labute approximate surface area is 101 Å². The molecule has 0 saturated heterocycles. The predicted octanol–water partition coefficient (Wildman–Crippen LogP) is 2.35. The number of nitrogens with one attached hydrogen (secondary N) is 1. The summed E-state index contributed by atoms with van der Waals surface area (Å²) in [5, 5.41) is 11.4. The van der Waals surface area contributed by atoms with E-state index >= 15 is 0 Å². The molecule has 0 spiro atoms. The summed E-state index contributed by atoms with van der Waals surface area (Å²) in [5.41, 5.74) is 2.95. The number of benzene rings is 1. The second-order valence-corrected chi connectivity index (χ2v) is 4.29. The van der Waals surface area contributed by atoms with Crippen molar-refractivity contribution in [3.8, 4) is 0 Å². The lowest BCUT2D eigenvalue weighted by Gasteiger charge is -2.09. The first-order valence-corrected chi connectivity index (χ1v) is 5.50. The van der Waals surface area contributed by atoms with E-state index in [2.05, 4.69) is 5.32 Å². The summed E-state index contributed by atoms with van der Waals surface area (Å²) in [7, 11) is 0. The van der Waals surface area contributed by atoms with Crippen LogP contribution >= 0.6 is 0 Å². The van der Waals surface area contributed by atoms with Crippen LogP contribution in [0.3, 0.4) is 0 Å². The molecular weight excluding hydrogens is 218 g/mol. The maximum Gasteiger partial charge on any atom is 0.306 e. The number of carboxylic acids is 1. The summed E-state index contributed by atoms with van der Waals surface area (Å²) < 4.78 is 0. The third-order valence-electron chi connectivity index (χ3n) is 2.70. The van der Waals surface area contributed by atoms with Crippen molar-refractivity contribution in [3.63, 3.8) is 0 Å². The van der Waals surface area contributed by atoms with Crippen LogP contribution in [0.15, 0.2) is 18.2 Å². The van der Waals surface area contributed by atoms with Gasteiger partial charge in [-0.15, -0.1) is 0 Å². The van der Waals surface area contributed by atoms with E-state index in [4.69, 9.17) is 5.11 Å². The zero-order chi connectivity index (χ0) is 13.0. The van der Waals surface area contributed by atoms with E-state index in [1.54, 1.807) is 0 Å². The number of anilines is 1. The third-order valence-corrected chi connectivity index (χ3v) is 2.70. The van der Waals surface area contributed by atoms with E-state index in [1.807, 2.05) is 32.0 Å². The van der Waals surface area contributed by atoms with Crippen molar-refractivity contribution in [2.24, 2.45) is 5.92 Å². The molecule has 0 saturated carbocycles. The van der Waals surface area contributed by atoms with Crippen molar-refractivity contribution in [1.82, 2.24) is 0 Å². The topological polar surface area (TPSA) is 66.4 Å². The smallest absolute Gasteiger partial charge is 0.306 e. The molecule has 0 aliphatic carbocycles. The van der Waals surface area contributed by atoms with Crippen LogP contribution in [0, 0.1) is 19.8 Å². The van der Waals surface area contributed by atoms with E-state index < -0.39 is 11.9 Å². The molecule has 1 atom stereocenters. The van der Waals surface area contributed by atoms with Crippen molar-refractivity contribution in [1.29, 1.82) is 0 Å². The van der Waals surface area contributed by atoms with Gasteiger partial charge in [0.1, 0.15) is 0 Å². The van der Waals surface area contributed by atoms with Gasteiger partial charge in [0.15, 0.2) is 0 Å². The maximum absolute atomic E-state index is 11.5. The van der Waals surface area contributed by atoms with E-state index in [1.165, 1.54) is 6.92 Å². The normalized spacial score (nSPS) is 11.9. The Morgan fingerprint density at radius 3 is 2.47 bits per heavy atom. The minimum atomic E-state index is -0.958. The summed E-state index contributed by atoms with van der Waals surface area (Å²) in [6, 6.07) is 5.61. The van der Waals surface area contributed by atoms with E-state index in [0.29, 0.717) is 5.69 Å². The maximum atomic E-state index is 11.5. The highest BCUT2D eigenvalue weighted by Gasteiger charge is 2.15. The number of hydrogen-bond donors (Lipinski definition) is 2. The zero-order valence-corrected chi connectivity index (χ0v) is 10.3. The molecule has 0 aliphatic rings. The fourth-order valence-corrected chi connectivity index (χ4v) is 1.40. The molecule has 2 N–H and O–H groups in total. The molecule has 0 radical (unpaired) electrons. The summed E-state index contributed by atoms with van der Waals surface area (Å²) in [6.45, 7) is 5.47. The Morgan fingerprint density at radius 1 is 1.29 bits per heavy atom. The third kappa shape index (κ3) is 3.90. The predicted molar refractivity (Wildman–Crippen MR) is 66.0 cm³/mol. The van der Waals surface area contributed by atoms with E-state index in [0.717, 1.165) is 11.1 Å². The van der Waals surface area contributed by atoms with Crippen LogP contribution in [0.1, 0.15) is 24.5 Å². The SMILES string of the molecule is Cc1ccc(NC(=O)CC(C)C(=O)O)cc1C. The second kappa shape index (κ2) is 5.48. The first kappa shape index (κ1) is 13.2. The minimum absolute atomic E-state index is 0.0116. The van der Waals surface area contributed by atoms with Crippen LogP contribution in [-0.4, -0.2) is 17.0 Å². The second-order valence-electron chi connectivity index (χ2n) is 4.29. The monoisotopic (exact) mass is 235 g/mol. The average molecular weight is 235 g/mol. The lowest BCUT2D eigenvalue weighted by molar-refractivity contribution is -0.142. The summed E-state index contributed by atoms with van der Waals surface area (Å²) >= 11 is 0. The van der Waals surface area contributed by atoms with Crippen molar-refractivity contribution in [2.75, 3.05) is 5.32 Å².